The van der Waals surface area contributed by atoms with Crippen LogP contribution in [0.1, 0.15) is 23.2 Å². The number of carbonyl (C=O) groups excluding carboxylic acids is 1. The molecule has 98 valence electrons. The number of rotatable bonds is 3. The average Bonchev–Trinajstić information content (AvgIpc) is 2.81. The highest BCUT2D eigenvalue weighted by Gasteiger charge is 2.28. The molecule has 2 rings (SSSR count). The van der Waals surface area contributed by atoms with Crippen LogP contribution in [-0.2, 0) is 0 Å². The van der Waals surface area contributed by atoms with Crippen molar-refractivity contribution >= 4 is 5.91 Å². The molecule has 1 aromatic rings. The van der Waals surface area contributed by atoms with Crippen LogP contribution in [0.4, 0.5) is 0 Å². The van der Waals surface area contributed by atoms with Gasteiger partial charge in [-0.05, 0) is 30.9 Å². The second kappa shape index (κ2) is 5.27. The quantitative estimate of drug-likeness (QED) is 0.698. The predicted octanol–water partition coefficient (Wildman–Crippen LogP) is 0.942. The lowest BCUT2D eigenvalue weighted by Gasteiger charge is -2.17. The van der Waals surface area contributed by atoms with Gasteiger partial charge in [0.1, 0.15) is 0 Å². The van der Waals surface area contributed by atoms with Gasteiger partial charge >= 0.3 is 0 Å². The Bertz CT molecular complexity index is 447. The standard InChI is InChI=1S/C13H17NO4/c15-7-5-9-4-6-14(8-9)13(18)10-2-1-3-11(16)12(10)17/h1-3,9,15-17H,4-8H2. The van der Waals surface area contributed by atoms with Gasteiger partial charge in [-0.3, -0.25) is 4.79 Å². The molecule has 0 spiro atoms. The summed E-state index contributed by atoms with van der Waals surface area (Å²) in [7, 11) is 0. The third kappa shape index (κ3) is 2.41. The molecule has 1 amide bonds. The Morgan fingerprint density at radius 3 is 2.89 bits per heavy atom. The minimum Gasteiger partial charge on any atom is -0.504 e. The maximum atomic E-state index is 12.2. The molecule has 1 aliphatic heterocycles. The fourth-order valence-electron chi connectivity index (χ4n) is 2.31. The number of aliphatic hydroxyl groups excluding tert-OH is 1. The highest BCUT2D eigenvalue weighted by Crippen LogP contribution is 2.30. The van der Waals surface area contributed by atoms with E-state index >= 15 is 0 Å². The number of carbonyl (C=O) groups is 1. The Hall–Kier alpha value is -1.75. The van der Waals surface area contributed by atoms with Crippen molar-refractivity contribution in [2.45, 2.75) is 12.8 Å². The molecule has 1 atom stereocenters. The van der Waals surface area contributed by atoms with Crippen molar-refractivity contribution in [1.29, 1.82) is 0 Å². The fraction of sp³-hybridized carbons (Fsp3) is 0.462. The SMILES string of the molecule is O=C(c1cccc(O)c1O)N1CCC(CCO)C1. The van der Waals surface area contributed by atoms with E-state index in [2.05, 4.69) is 0 Å². The van der Waals surface area contributed by atoms with Crippen molar-refractivity contribution in [2.24, 2.45) is 5.92 Å². The maximum Gasteiger partial charge on any atom is 0.257 e. The van der Waals surface area contributed by atoms with Crippen LogP contribution in [0.5, 0.6) is 11.5 Å². The summed E-state index contributed by atoms with van der Waals surface area (Å²) in [6, 6.07) is 4.37. The Morgan fingerprint density at radius 2 is 2.17 bits per heavy atom. The summed E-state index contributed by atoms with van der Waals surface area (Å²) in [5, 5.41) is 27.9. The van der Waals surface area contributed by atoms with Crippen molar-refractivity contribution in [3.05, 3.63) is 23.8 Å². The van der Waals surface area contributed by atoms with Gasteiger partial charge in [-0.1, -0.05) is 6.07 Å². The lowest BCUT2D eigenvalue weighted by molar-refractivity contribution is 0.0781. The number of benzene rings is 1. The number of aliphatic hydroxyl groups is 1. The molecule has 18 heavy (non-hydrogen) atoms. The number of likely N-dealkylation sites (tertiary alicyclic amines) is 1. The first-order chi connectivity index (χ1) is 8.63. The van der Waals surface area contributed by atoms with Gasteiger partial charge in [0.15, 0.2) is 11.5 Å². The smallest absolute Gasteiger partial charge is 0.257 e. The summed E-state index contributed by atoms with van der Waals surface area (Å²) in [6.45, 7) is 1.34. The van der Waals surface area contributed by atoms with Crippen molar-refractivity contribution in [3.8, 4) is 11.5 Å². The molecule has 1 aromatic carbocycles. The molecule has 0 aliphatic carbocycles. The molecule has 1 heterocycles. The van der Waals surface area contributed by atoms with Crippen LogP contribution in [0, 0.1) is 5.92 Å². The molecule has 0 bridgehead atoms. The maximum absolute atomic E-state index is 12.2. The summed E-state index contributed by atoms with van der Waals surface area (Å²) in [4.78, 5) is 13.8. The molecule has 0 saturated carbocycles. The van der Waals surface area contributed by atoms with E-state index in [1.807, 2.05) is 0 Å². The van der Waals surface area contributed by atoms with Gasteiger partial charge in [0, 0.05) is 19.7 Å². The Labute approximate surface area is 105 Å². The second-order valence-electron chi connectivity index (χ2n) is 4.59. The second-order valence-corrected chi connectivity index (χ2v) is 4.59. The number of para-hydroxylation sites is 1. The highest BCUT2D eigenvalue weighted by molar-refractivity contribution is 5.97. The van der Waals surface area contributed by atoms with E-state index < -0.39 is 0 Å². The van der Waals surface area contributed by atoms with E-state index in [0.717, 1.165) is 6.42 Å². The minimum absolute atomic E-state index is 0.125. The highest BCUT2D eigenvalue weighted by atomic mass is 16.3. The van der Waals surface area contributed by atoms with E-state index in [9.17, 15) is 15.0 Å². The minimum atomic E-state index is -0.367. The molecular weight excluding hydrogens is 234 g/mol. The van der Waals surface area contributed by atoms with E-state index in [1.165, 1.54) is 18.2 Å². The zero-order valence-corrected chi connectivity index (χ0v) is 10.0. The van der Waals surface area contributed by atoms with E-state index in [1.54, 1.807) is 4.90 Å². The summed E-state index contributed by atoms with van der Waals surface area (Å²) < 4.78 is 0. The van der Waals surface area contributed by atoms with E-state index in [-0.39, 0.29) is 29.6 Å². The zero-order valence-electron chi connectivity index (χ0n) is 10.0. The number of amides is 1. The summed E-state index contributed by atoms with van der Waals surface area (Å²) >= 11 is 0. The third-order valence-electron chi connectivity index (χ3n) is 3.36. The van der Waals surface area contributed by atoms with Crippen LogP contribution in [0.25, 0.3) is 0 Å². The first kappa shape index (κ1) is 12.7. The normalized spacial score (nSPS) is 19.2. The van der Waals surface area contributed by atoms with Gasteiger partial charge in [0.05, 0.1) is 5.56 Å². The number of nitrogens with zero attached hydrogens (tertiary/aromatic N) is 1. The number of phenols is 2. The first-order valence-corrected chi connectivity index (χ1v) is 6.04. The van der Waals surface area contributed by atoms with Crippen molar-refractivity contribution in [3.63, 3.8) is 0 Å². The van der Waals surface area contributed by atoms with Crippen molar-refractivity contribution < 1.29 is 20.1 Å². The molecular formula is C13H17NO4. The molecule has 3 N–H and O–H groups in total. The monoisotopic (exact) mass is 251 g/mol. The summed E-state index contributed by atoms with van der Waals surface area (Å²) in [5.74, 6) is -0.609. The van der Waals surface area contributed by atoms with Crippen LogP contribution < -0.4 is 0 Å². The van der Waals surface area contributed by atoms with Crippen LogP contribution in [0.3, 0.4) is 0 Å². The topological polar surface area (TPSA) is 81.0 Å². The molecule has 1 fully saturated rings. The van der Waals surface area contributed by atoms with Gasteiger partial charge in [-0.25, -0.2) is 0 Å². The van der Waals surface area contributed by atoms with Crippen molar-refractivity contribution in [2.75, 3.05) is 19.7 Å². The average molecular weight is 251 g/mol. The Kier molecular flexibility index (Phi) is 3.72. The molecule has 5 heteroatoms. The Balaban J connectivity index is 2.11. The zero-order chi connectivity index (χ0) is 13.1. The molecule has 0 radical (unpaired) electrons. The van der Waals surface area contributed by atoms with Gasteiger partial charge in [-0.15, -0.1) is 0 Å². The summed E-state index contributed by atoms with van der Waals surface area (Å²) in [6.07, 6.45) is 1.56. The van der Waals surface area contributed by atoms with Crippen molar-refractivity contribution in [1.82, 2.24) is 4.90 Å². The van der Waals surface area contributed by atoms with Crippen LogP contribution >= 0.6 is 0 Å². The van der Waals surface area contributed by atoms with Gasteiger partial charge in [0.25, 0.3) is 5.91 Å². The molecule has 0 aromatic heterocycles. The number of phenolic OH excluding ortho intramolecular Hbond substituents is 2. The lowest BCUT2D eigenvalue weighted by Crippen LogP contribution is -2.28. The molecule has 1 aliphatic rings. The summed E-state index contributed by atoms with van der Waals surface area (Å²) in [5.41, 5.74) is 0.125. The van der Waals surface area contributed by atoms with Crippen LogP contribution in [-0.4, -0.2) is 45.8 Å². The van der Waals surface area contributed by atoms with Crippen LogP contribution in [0.15, 0.2) is 18.2 Å². The molecule has 1 saturated heterocycles. The van der Waals surface area contributed by atoms with Gasteiger partial charge in [0.2, 0.25) is 0 Å². The largest absolute Gasteiger partial charge is 0.504 e. The third-order valence-corrected chi connectivity index (χ3v) is 3.36. The van der Waals surface area contributed by atoms with Gasteiger partial charge < -0.3 is 20.2 Å². The molecule has 5 nitrogen and oxygen atoms in total. The van der Waals surface area contributed by atoms with Crippen LogP contribution in [0.2, 0.25) is 0 Å². The first-order valence-electron chi connectivity index (χ1n) is 6.04. The van der Waals surface area contributed by atoms with E-state index in [4.69, 9.17) is 5.11 Å². The number of hydrogen-bond acceptors (Lipinski definition) is 4. The van der Waals surface area contributed by atoms with E-state index in [0.29, 0.717) is 25.4 Å². The molecule has 1 unspecified atom stereocenters. The Morgan fingerprint density at radius 1 is 1.39 bits per heavy atom. The number of aromatic hydroxyl groups is 2. The lowest BCUT2D eigenvalue weighted by atomic mass is 10.1. The number of hydrogen-bond donors (Lipinski definition) is 3. The predicted molar refractivity (Wildman–Crippen MR) is 65.5 cm³/mol. The fourth-order valence-corrected chi connectivity index (χ4v) is 2.31. The van der Waals surface area contributed by atoms with Gasteiger partial charge in [-0.2, -0.15) is 0 Å².